The molecule has 0 saturated heterocycles. The zero-order valence-electron chi connectivity index (χ0n) is 10.4. The summed E-state index contributed by atoms with van der Waals surface area (Å²) in [5.74, 6) is 0.842. The molecule has 0 aliphatic heterocycles. The van der Waals surface area contributed by atoms with E-state index in [9.17, 15) is 0 Å². The summed E-state index contributed by atoms with van der Waals surface area (Å²) < 4.78 is 7.34. The van der Waals surface area contributed by atoms with Gasteiger partial charge in [0.1, 0.15) is 5.75 Å². The Balaban J connectivity index is 2.03. The van der Waals surface area contributed by atoms with E-state index < -0.39 is 0 Å². The van der Waals surface area contributed by atoms with Gasteiger partial charge in [-0.2, -0.15) is 10.2 Å². The highest BCUT2D eigenvalue weighted by atomic mass is 79.9. The summed E-state index contributed by atoms with van der Waals surface area (Å²) in [6.45, 7) is 1.36. The Bertz CT molecular complexity index is 549. The lowest BCUT2D eigenvalue weighted by atomic mass is 10.2. The van der Waals surface area contributed by atoms with E-state index in [0.29, 0.717) is 13.1 Å². The van der Waals surface area contributed by atoms with Crippen molar-refractivity contribution in [3.05, 3.63) is 50.7 Å². The van der Waals surface area contributed by atoms with Crippen LogP contribution in [0.3, 0.4) is 0 Å². The second-order valence-electron chi connectivity index (χ2n) is 3.90. The minimum absolute atomic E-state index is 0.668. The van der Waals surface area contributed by atoms with Gasteiger partial charge in [0.2, 0.25) is 0 Å². The second kappa shape index (κ2) is 6.98. The van der Waals surface area contributed by atoms with Crippen molar-refractivity contribution < 1.29 is 4.74 Å². The van der Waals surface area contributed by atoms with E-state index in [1.54, 1.807) is 13.3 Å². The molecule has 1 aromatic heterocycles. The van der Waals surface area contributed by atoms with E-state index in [4.69, 9.17) is 4.74 Å². The molecule has 0 unspecified atom stereocenters. The summed E-state index contributed by atoms with van der Waals surface area (Å²) in [4.78, 5) is 0. The van der Waals surface area contributed by atoms with Gasteiger partial charge in [-0.15, -0.1) is 0 Å². The molecular weight excluding hydrogens is 374 g/mol. The fraction of sp³-hybridized carbons (Fsp3) is 0.231. The average Bonchev–Trinajstić information content (AvgIpc) is 2.39. The van der Waals surface area contributed by atoms with E-state index in [2.05, 4.69) is 47.4 Å². The molecule has 2 aromatic rings. The average molecular weight is 387 g/mol. The van der Waals surface area contributed by atoms with Crippen LogP contribution in [0.25, 0.3) is 0 Å². The fourth-order valence-corrected chi connectivity index (χ4v) is 3.20. The molecule has 100 valence electrons. The molecule has 1 aromatic carbocycles. The minimum Gasteiger partial charge on any atom is -0.495 e. The van der Waals surface area contributed by atoms with E-state index in [1.165, 1.54) is 0 Å². The Hall–Kier alpha value is -0.980. The van der Waals surface area contributed by atoms with E-state index in [-0.39, 0.29) is 0 Å². The number of benzene rings is 1. The predicted octanol–water partition coefficient (Wildman–Crippen LogP) is 3.30. The molecule has 0 spiro atoms. The lowest BCUT2D eigenvalue weighted by Gasteiger charge is -2.12. The molecule has 0 saturated carbocycles. The normalized spacial score (nSPS) is 10.5. The monoisotopic (exact) mass is 385 g/mol. The molecule has 0 atom stereocenters. The van der Waals surface area contributed by atoms with E-state index in [1.807, 2.05) is 24.3 Å². The van der Waals surface area contributed by atoms with E-state index in [0.717, 1.165) is 26.0 Å². The molecule has 0 radical (unpaired) electrons. The van der Waals surface area contributed by atoms with Crippen LogP contribution in [0.2, 0.25) is 0 Å². The Morgan fingerprint density at radius 3 is 2.79 bits per heavy atom. The molecular formula is C13H13Br2N3O. The van der Waals surface area contributed by atoms with Crippen LogP contribution in [0.5, 0.6) is 5.75 Å². The van der Waals surface area contributed by atoms with Crippen molar-refractivity contribution in [2.45, 2.75) is 13.1 Å². The summed E-state index contributed by atoms with van der Waals surface area (Å²) in [5.41, 5.74) is 1.99. The standard InChI is InChI=1S/C13H13Br2N3O/c1-19-13-9(5-10(14)6-12(13)15)7-16-8-11-3-2-4-17-18-11/h2-6,16H,7-8H2,1H3. The molecule has 0 aliphatic carbocycles. The number of ether oxygens (including phenoxy) is 1. The summed E-state index contributed by atoms with van der Waals surface area (Å²) in [7, 11) is 1.67. The minimum atomic E-state index is 0.668. The maximum atomic E-state index is 5.40. The van der Waals surface area contributed by atoms with Gasteiger partial charge in [-0.25, -0.2) is 0 Å². The van der Waals surface area contributed by atoms with E-state index >= 15 is 0 Å². The molecule has 4 nitrogen and oxygen atoms in total. The molecule has 0 aliphatic rings. The topological polar surface area (TPSA) is 47.0 Å². The quantitative estimate of drug-likeness (QED) is 0.856. The molecule has 2 rings (SSSR count). The van der Waals surface area contributed by atoms with Gasteiger partial charge in [-0.1, -0.05) is 15.9 Å². The fourth-order valence-electron chi connectivity index (χ4n) is 1.73. The third-order valence-electron chi connectivity index (χ3n) is 2.54. The van der Waals surface area contributed by atoms with Gasteiger partial charge in [0.25, 0.3) is 0 Å². The molecule has 0 amide bonds. The summed E-state index contributed by atoms with van der Waals surface area (Å²) in [6, 6.07) is 7.81. The first-order valence-corrected chi connectivity index (χ1v) is 7.28. The summed E-state index contributed by atoms with van der Waals surface area (Å²) in [6.07, 6.45) is 1.66. The smallest absolute Gasteiger partial charge is 0.137 e. The highest BCUT2D eigenvalue weighted by Gasteiger charge is 2.09. The van der Waals surface area contributed by atoms with Crippen molar-refractivity contribution in [1.29, 1.82) is 0 Å². The third-order valence-corrected chi connectivity index (χ3v) is 3.59. The molecule has 1 heterocycles. The maximum absolute atomic E-state index is 5.40. The maximum Gasteiger partial charge on any atom is 0.137 e. The number of nitrogens with one attached hydrogen (secondary N) is 1. The number of methoxy groups -OCH3 is 1. The zero-order chi connectivity index (χ0) is 13.7. The Morgan fingerprint density at radius 1 is 1.26 bits per heavy atom. The first kappa shape index (κ1) is 14.4. The zero-order valence-corrected chi connectivity index (χ0v) is 13.5. The lowest BCUT2D eigenvalue weighted by molar-refractivity contribution is 0.404. The van der Waals surface area contributed by atoms with Crippen LogP contribution in [-0.2, 0) is 13.1 Å². The Kier molecular flexibility index (Phi) is 5.30. The van der Waals surface area contributed by atoms with Crippen LogP contribution in [0.15, 0.2) is 39.4 Å². The van der Waals surface area contributed by atoms with Crippen LogP contribution in [0.4, 0.5) is 0 Å². The Labute approximate surface area is 128 Å². The SMILES string of the molecule is COc1c(Br)cc(Br)cc1CNCc1cccnn1. The number of hydrogen-bond donors (Lipinski definition) is 1. The molecule has 0 bridgehead atoms. The predicted molar refractivity (Wildman–Crippen MR) is 81.0 cm³/mol. The van der Waals surface area contributed by atoms with Gasteiger partial charge in [0.05, 0.1) is 17.3 Å². The number of aromatic nitrogens is 2. The molecule has 19 heavy (non-hydrogen) atoms. The Morgan fingerprint density at radius 2 is 2.11 bits per heavy atom. The summed E-state index contributed by atoms with van der Waals surface area (Å²) >= 11 is 6.97. The van der Waals surface area contributed by atoms with Gasteiger partial charge in [-0.3, -0.25) is 0 Å². The lowest BCUT2D eigenvalue weighted by Crippen LogP contribution is -2.14. The highest BCUT2D eigenvalue weighted by Crippen LogP contribution is 2.32. The van der Waals surface area contributed by atoms with Gasteiger partial charge in [0.15, 0.2) is 0 Å². The van der Waals surface area contributed by atoms with Crippen molar-refractivity contribution >= 4 is 31.9 Å². The first-order valence-electron chi connectivity index (χ1n) is 5.70. The van der Waals surface area contributed by atoms with Crippen molar-refractivity contribution in [3.8, 4) is 5.75 Å². The van der Waals surface area contributed by atoms with Crippen LogP contribution in [0, 0.1) is 0 Å². The number of rotatable bonds is 5. The van der Waals surface area contributed by atoms with Crippen LogP contribution in [-0.4, -0.2) is 17.3 Å². The second-order valence-corrected chi connectivity index (χ2v) is 5.67. The van der Waals surface area contributed by atoms with Gasteiger partial charge < -0.3 is 10.1 Å². The third kappa shape index (κ3) is 3.99. The van der Waals surface area contributed by atoms with Crippen LogP contribution in [0.1, 0.15) is 11.3 Å². The molecule has 6 heteroatoms. The highest BCUT2D eigenvalue weighted by molar-refractivity contribution is 9.11. The van der Waals surface area contributed by atoms with Crippen molar-refractivity contribution in [1.82, 2.24) is 15.5 Å². The number of halogens is 2. The van der Waals surface area contributed by atoms with Crippen molar-refractivity contribution in [2.24, 2.45) is 0 Å². The first-order chi connectivity index (χ1) is 9.20. The molecule has 0 fully saturated rings. The van der Waals surface area contributed by atoms with Crippen LogP contribution < -0.4 is 10.1 Å². The summed E-state index contributed by atoms with van der Waals surface area (Å²) in [5, 5.41) is 11.2. The van der Waals surface area contributed by atoms with Gasteiger partial charge >= 0.3 is 0 Å². The number of hydrogen-bond acceptors (Lipinski definition) is 4. The van der Waals surface area contributed by atoms with Gasteiger partial charge in [-0.05, 0) is 40.2 Å². The van der Waals surface area contributed by atoms with Crippen molar-refractivity contribution in [2.75, 3.05) is 7.11 Å². The van der Waals surface area contributed by atoms with Gasteiger partial charge in [0, 0.05) is 29.3 Å². The molecule has 1 N–H and O–H groups in total. The van der Waals surface area contributed by atoms with Crippen LogP contribution >= 0.6 is 31.9 Å². The largest absolute Gasteiger partial charge is 0.495 e. The number of nitrogens with zero attached hydrogens (tertiary/aromatic N) is 2. The van der Waals surface area contributed by atoms with Crippen molar-refractivity contribution in [3.63, 3.8) is 0 Å².